The fourth-order valence-corrected chi connectivity index (χ4v) is 2.97. The molecule has 1 N–H and O–H groups in total. The second-order valence-electron chi connectivity index (χ2n) is 5.65. The number of allylic oxidation sites excluding steroid dienone is 1. The molecule has 1 aromatic carbocycles. The summed E-state index contributed by atoms with van der Waals surface area (Å²) in [6, 6.07) is 7.15. The van der Waals surface area contributed by atoms with E-state index in [2.05, 4.69) is 9.99 Å². The zero-order chi connectivity index (χ0) is 16.7. The number of benzene rings is 1. The maximum absolute atomic E-state index is 13.1. The second kappa shape index (κ2) is 5.56. The molecule has 2 aliphatic rings. The third-order valence-electron chi connectivity index (χ3n) is 4.22. The summed E-state index contributed by atoms with van der Waals surface area (Å²) < 4.78 is 44.3. The summed E-state index contributed by atoms with van der Waals surface area (Å²) in [5.74, 6) is -3.70. The molecule has 1 aliphatic heterocycles. The standard InChI is InChI=1S/C16H16F3NO3/c1-22-12-7-5-10(6-8-12)9-11-3-2-4-13-14(11)20-23-15(13,21)16(17,18)19/h5-9,13,21H,2-4H2,1H3/b11-9+. The molecule has 0 radical (unpaired) electrons. The van der Waals surface area contributed by atoms with E-state index in [4.69, 9.17) is 4.74 Å². The number of methoxy groups -OCH3 is 1. The molecule has 0 bridgehead atoms. The Morgan fingerprint density at radius 1 is 1.35 bits per heavy atom. The van der Waals surface area contributed by atoms with Crippen LogP contribution in [0.25, 0.3) is 6.08 Å². The van der Waals surface area contributed by atoms with Gasteiger partial charge in [-0.25, -0.2) is 0 Å². The van der Waals surface area contributed by atoms with Crippen molar-refractivity contribution in [1.29, 1.82) is 0 Å². The van der Waals surface area contributed by atoms with Gasteiger partial charge in [0.05, 0.1) is 18.7 Å². The Hall–Kier alpha value is -2.02. The van der Waals surface area contributed by atoms with Crippen molar-refractivity contribution in [3.05, 3.63) is 35.4 Å². The van der Waals surface area contributed by atoms with Crippen molar-refractivity contribution < 1.29 is 27.9 Å². The van der Waals surface area contributed by atoms with Crippen molar-refractivity contribution in [2.75, 3.05) is 7.11 Å². The molecular formula is C16H16F3NO3. The third-order valence-corrected chi connectivity index (χ3v) is 4.22. The number of oxime groups is 1. The maximum atomic E-state index is 13.1. The molecule has 0 aromatic heterocycles. The van der Waals surface area contributed by atoms with Gasteiger partial charge in [0.15, 0.2) is 0 Å². The number of rotatable bonds is 2. The molecule has 2 atom stereocenters. The van der Waals surface area contributed by atoms with E-state index in [0.29, 0.717) is 24.2 Å². The average Bonchev–Trinajstić information content (AvgIpc) is 2.88. The normalized spacial score (nSPS) is 29.0. The minimum absolute atomic E-state index is 0.187. The largest absolute Gasteiger partial charge is 0.497 e. The molecule has 7 heteroatoms. The predicted molar refractivity (Wildman–Crippen MR) is 77.8 cm³/mol. The predicted octanol–water partition coefficient (Wildman–Crippen LogP) is 3.52. The molecule has 23 heavy (non-hydrogen) atoms. The highest BCUT2D eigenvalue weighted by Gasteiger charge is 2.66. The molecule has 0 saturated heterocycles. The molecule has 1 heterocycles. The number of hydrogen-bond acceptors (Lipinski definition) is 4. The van der Waals surface area contributed by atoms with Crippen molar-refractivity contribution in [2.24, 2.45) is 11.1 Å². The average molecular weight is 327 g/mol. The lowest BCUT2D eigenvalue weighted by Gasteiger charge is -2.32. The van der Waals surface area contributed by atoms with E-state index >= 15 is 0 Å². The molecule has 3 rings (SSSR count). The minimum Gasteiger partial charge on any atom is -0.497 e. The summed E-state index contributed by atoms with van der Waals surface area (Å²) in [6.45, 7) is 0. The Balaban J connectivity index is 1.89. The van der Waals surface area contributed by atoms with Crippen LogP contribution < -0.4 is 4.74 Å². The van der Waals surface area contributed by atoms with Crippen LogP contribution in [0.1, 0.15) is 24.8 Å². The van der Waals surface area contributed by atoms with Crippen LogP contribution in [0, 0.1) is 5.92 Å². The van der Waals surface area contributed by atoms with Gasteiger partial charge in [-0.3, -0.25) is 0 Å². The third kappa shape index (κ3) is 2.69. The quantitative estimate of drug-likeness (QED) is 0.904. The van der Waals surface area contributed by atoms with E-state index in [1.165, 1.54) is 0 Å². The molecule has 1 fully saturated rings. The van der Waals surface area contributed by atoms with Crippen molar-refractivity contribution in [3.63, 3.8) is 0 Å². The fourth-order valence-electron chi connectivity index (χ4n) is 2.97. The monoisotopic (exact) mass is 327 g/mol. The fraction of sp³-hybridized carbons (Fsp3) is 0.438. The van der Waals surface area contributed by atoms with Gasteiger partial charge in [0.1, 0.15) is 5.75 Å². The molecule has 2 unspecified atom stereocenters. The van der Waals surface area contributed by atoms with Gasteiger partial charge in [-0.1, -0.05) is 17.3 Å². The summed E-state index contributed by atoms with van der Waals surface area (Å²) >= 11 is 0. The number of hydrogen-bond donors (Lipinski definition) is 1. The van der Waals surface area contributed by atoms with E-state index in [1.807, 2.05) is 12.1 Å². The number of nitrogens with zero attached hydrogens (tertiary/aromatic N) is 1. The SMILES string of the molecule is COc1ccc(/C=C2\CCCC3C2=NOC3(O)C(F)(F)F)cc1. The Labute approximate surface area is 131 Å². The molecular weight excluding hydrogens is 311 g/mol. The van der Waals surface area contributed by atoms with Gasteiger partial charge in [-0.15, -0.1) is 0 Å². The van der Waals surface area contributed by atoms with Crippen molar-refractivity contribution in [2.45, 2.75) is 31.2 Å². The van der Waals surface area contributed by atoms with Crippen LogP contribution in [-0.2, 0) is 4.84 Å². The van der Waals surface area contributed by atoms with Crippen LogP contribution in [0.5, 0.6) is 5.75 Å². The highest BCUT2D eigenvalue weighted by atomic mass is 19.4. The first-order chi connectivity index (χ1) is 10.8. The van der Waals surface area contributed by atoms with Gasteiger partial charge in [0.25, 0.3) is 0 Å². The Morgan fingerprint density at radius 3 is 2.65 bits per heavy atom. The van der Waals surface area contributed by atoms with Gasteiger partial charge in [-0.2, -0.15) is 13.2 Å². The maximum Gasteiger partial charge on any atom is 0.458 e. The summed E-state index contributed by atoms with van der Waals surface area (Å²) in [5.41, 5.74) is 1.67. The first kappa shape index (κ1) is 15.9. The molecule has 1 aromatic rings. The summed E-state index contributed by atoms with van der Waals surface area (Å²) in [4.78, 5) is 4.41. The lowest BCUT2D eigenvalue weighted by Crippen LogP contribution is -2.52. The van der Waals surface area contributed by atoms with Crippen LogP contribution in [0.2, 0.25) is 0 Å². The van der Waals surface area contributed by atoms with Gasteiger partial charge in [-0.05, 0) is 48.6 Å². The number of halogens is 3. The van der Waals surface area contributed by atoms with Gasteiger partial charge in [0.2, 0.25) is 0 Å². The van der Waals surface area contributed by atoms with E-state index in [-0.39, 0.29) is 12.1 Å². The zero-order valence-electron chi connectivity index (χ0n) is 12.4. The van der Waals surface area contributed by atoms with E-state index in [1.54, 1.807) is 25.3 Å². The lowest BCUT2D eigenvalue weighted by molar-refractivity contribution is -0.370. The second-order valence-corrected chi connectivity index (χ2v) is 5.65. The first-order valence-electron chi connectivity index (χ1n) is 7.25. The van der Waals surface area contributed by atoms with Crippen LogP contribution in [-0.4, -0.2) is 29.9 Å². The molecule has 4 nitrogen and oxygen atoms in total. The van der Waals surface area contributed by atoms with Crippen molar-refractivity contribution >= 4 is 11.8 Å². The van der Waals surface area contributed by atoms with Crippen LogP contribution in [0.3, 0.4) is 0 Å². The van der Waals surface area contributed by atoms with Crippen molar-refractivity contribution in [3.8, 4) is 5.75 Å². The Kier molecular flexibility index (Phi) is 3.83. The highest BCUT2D eigenvalue weighted by Crippen LogP contribution is 2.47. The Morgan fingerprint density at radius 2 is 2.04 bits per heavy atom. The van der Waals surface area contributed by atoms with Crippen LogP contribution >= 0.6 is 0 Å². The lowest BCUT2D eigenvalue weighted by atomic mass is 9.78. The van der Waals surface area contributed by atoms with E-state index in [9.17, 15) is 18.3 Å². The summed E-state index contributed by atoms with van der Waals surface area (Å²) in [5, 5.41) is 13.4. The molecule has 1 aliphatic carbocycles. The topological polar surface area (TPSA) is 51.0 Å². The number of aliphatic hydroxyl groups is 1. The first-order valence-corrected chi connectivity index (χ1v) is 7.25. The van der Waals surface area contributed by atoms with Crippen LogP contribution in [0.15, 0.2) is 35.0 Å². The highest BCUT2D eigenvalue weighted by molar-refractivity contribution is 6.06. The molecule has 124 valence electrons. The van der Waals surface area contributed by atoms with E-state index in [0.717, 1.165) is 5.56 Å². The van der Waals surface area contributed by atoms with Gasteiger partial charge in [0, 0.05) is 0 Å². The number of ether oxygens (including phenoxy) is 1. The van der Waals surface area contributed by atoms with Crippen LogP contribution in [0.4, 0.5) is 13.2 Å². The smallest absolute Gasteiger partial charge is 0.458 e. The van der Waals surface area contributed by atoms with E-state index < -0.39 is 17.9 Å². The van der Waals surface area contributed by atoms with Gasteiger partial charge >= 0.3 is 12.0 Å². The molecule has 1 saturated carbocycles. The number of alkyl halides is 3. The Bertz CT molecular complexity index is 652. The summed E-state index contributed by atoms with van der Waals surface area (Å²) in [6.07, 6.45) is -1.79. The minimum atomic E-state index is -4.88. The van der Waals surface area contributed by atoms with Gasteiger partial charge < -0.3 is 14.7 Å². The summed E-state index contributed by atoms with van der Waals surface area (Å²) in [7, 11) is 1.56. The van der Waals surface area contributed by atoms with Crippen molar-refractivity contribution in [1.82, 2.24) is 0 Å². The zero-order valence-corrected chi connectivity index (χ0v) is 12.4. The molecule has 0 spiro atoms. The number of fused-ring (bicyclic) bond motifs is 1. The molecule has 0 amide bonds.